The standard InChI is InChI=1S/C14H18ClN3/c1-3-14(16-4-2)11-6-5-7-13(8-11)18-10-12(15)9-17-18/h5-10,14,16H,3-4H2,1-2H3. The van der Waals surface area contributed by atoms with Crippen LogP contribution in [0.15, 0.2) is 36.7 Å². The van der Waals surface area contributed by atoms with Crippen molar-refractivity contribution >= 4 is 11.6 Å². The molecule has 0 radical (unpaired) electrons. The van der Waals surface area contributed by atoms with Crippen LogP contribution < -0.4 is 5.32 Å². The predicted molar refractivity (Wildman–Crippen MR) is 75.3 cm³/mol. The van der Waals surface area contributed by atoms with Crippen LogP contribution in [0.4, 0.5) is 0 Å². The van der Waals surface area contributed by atoms with E-state index < -0.39 is 0 Å². The van der Waals surface area contributed by atoms with Gasteiger partial charge in [-0.3, -0.25) is 0 Å². The molecular weight excluding hydrogens is 246 g/mol. The zero-order chi connectivity index (χ0) is 13.0. The van der Waals surface area contributed by atoms with Crippen LogP contribution in [0.1, 0.15) is 31.9 Å². The quantitative estimate of drug-likeness (QED) is 0.894. The number of benzene rings is 1. The van der Waals surface area contributed by atoms with Crippen LogP contribution in [0, 0.1) is 0 Å². The maximum absolute atomic E-state index is 5.89. The number of aromatic nitrogens is 2. The average molecular weight is 264 g/mol. The third-order valence-electron chi connectivity index (χ3n) is 2.95. The first-order chi connectivity index (χ1) is 8.74. The summed E-state index contributed by atoms with van der Waals surface area (Å²) in [6.07, 6.45) is 4.53. The summed E-state index contributed by atoms with van der Waals surface area (Å²) >= 11 is 5.89. The van der Waals surface area contributed by atoms with E-state index in [0.717, 1.165) is 18.7 Å². The Balaban J connectivity index is 2.29. The molecule has 1 atom stereocenters. The van der Waals surface area contributed by atoms with E-state index in [2.05, 4.69) is 42.5 Å². The highest BCUT2D eigenvalue weighted by atomic mass is 35.5. The van der Waals surface area contributed by atoms with E-state index in [1.807, 2.05) is 12.3 Å². The molecule has 1 unspecified atom stereocenters. The van der Waals surface area contributed by atoms with Crippen molar-refractivity contribution in [3.05, 3.63) is 47.2 Å². The van der Waals surface area contributed by atoms with Crippen LogP contribution in [0.2, 0.25) is 5.02 Å². The van der Waals surface area contributed by atoms with Crippen LogP contribution in [-0.2, 0) is 0 Å². The van der Waals surface area contributed by atoms with E-state index in [9.17, 15) is 0 Å². The summed E-state index contributed by atoms with van der Waals surface area (Å²) in [7, 11) is 0. The lowest BCUT2D eigenvalue weighted by atomic mass is 10.0. The van der Waals surface area contributed by atoms with Crippen molar-refractivity contribution in [2.45, 2.75) is 26.3 Å². The third-order valence-corrected chi connectivity index (χ3v) is 3.14. The molecule has 96 valence electrons. The molecule has 1 heterocycles. The van der Waals surface area contributed by atoms with Gasteiger partial charge in [0.1, 0.15) is 0 Å². The normalized spacial score (nSPS) is 12.6. The number of nitrogens with zero attached hydrogens (tertiary/aromatic N) is 2. The molecule has 1 N–H and O–H groups in total. The highest BCUT2D eigenvalue weighted by Gasteiger charge is 2.08. The fourth-order valence-electron chi connectivity index (χ4n) is 2.07. The second-order valence-corrected chi connectivity index (χ2v) is 4.65. The van der Waals surface area contributed by atoms with Crippen molar-refractivity contribution in [2.75, 3.05) is 6.54 Å². The number of hydrogen-bond donors (Lipinski definition) is 1. The summed E-state index contributed by atoms with van der Waals surface area (Å²) in [4.78, 5) is 0. The van der Waals surface area contributed by atoms with Gasteiger partial charge < -0.3 is 5.32 Å². The smallest absolute Gasteiger partial charge is 0.0790 e. The summed E-state index contributed by atoms with van der Waals surface area (Å²) in [5, 5.41) is 8.35. The highest BCUT2D eigenvalue weighted by molar-refractivity contribution is 6.30. The minimum absolute atomic E-state index is 0.390. The van der Waals surface area contributed by atoms with Crippen molar-refractivity contribution in [1.29, 1.82) is 0 Å². The van der Waals surface area contributed by atoms with Crippen LogP contribution in [0.3, 0.4) is 0 Å². The van der Waals surface area contributed by atoms with E-state index in [1.165, 1.54) is 5.56 Å². The molecule has 0 aliphatic carbocycles. The highest BCUT2D eigenvalue weighted by Crippen LogP contribution is 2.20. The summed E-state index contributed by atoms with van der Waals surface area (Å²) < 4.78 is 1.80. The van der Waals surface area contributed by atoms with Crippen molar-refractivity contribution in [2.24, 2.45) is 0 Å². The maximum Gasteiger partial charge on any atom is 0.0790 e. The molecule has 4 heteroatoms. The van der Waals surface area contributed by atoms with E-state index in [0.29, 0.717) is 11.1 Å². The monoisotopic (exact) mass is 263 g/mol. The van der Waals surface area contributed by atoms with Gasteiger partial charge in [-0.2, -0.15) is 5.10 Å². The number of halogens is 1. The van der Waals surface area contributed by atoms with Crippen LogP contribution in [0.5, 0.6) is 0 Å². The van der Waals surface area contributed by atoms with Gasteiger partial charge in [-0.1, -0.05) is 37.6 Å². The molecule has 0 amide bonds. The van der Waals surface area contributed by atoms with E-state index in [4.69, 9.17) is 11.6 Å². The first kappa shape index (κ1) is 13.1. The van der Waals surface area contributed by atoms with Crippen LogP contribution >= 0.6 is 11.6 Å². The Hall–Kier alpha value is -1.32. The summed E-state index contributed by atoms with van der Waals surface area (Å²) in [6.45, 7) is 5.28. The van der Waals surface area contributed by atoms with E-state index in [-0.39, 0.29) is 0 Å². The Morgan fingerprint density at radius 3 is 2.83 bits per heavy atom. The van der Waals surface area contributed by atoms with Gasteiger partial charge in [-0.05, 0) is 30.7 Å². The second-order valence-electron chi connectivity index (χ2n) is 4.22. The zero-order valence-corrected chi connectivity index (χ0v) is 11.5. The Kier molecular flexibility index (Phi) is 4.39. The molecule has 1 aromatic carbocycles. The van der Waals surface area contributed by atoms with Gasteiger partial charge in [-0.15, -0.1) is 0 Å². The minimum atomic E-state index is 0.390. The first-order valence-electron chi connectivity index (χ1n) is 6.28. The predicted octanol–water partition coefficient (Wildman–Crippen LogP) is 3.59. The van der Waals surface area contributed by atoms with Crippen molar-refractivity contribution in [3.8, 4) is 5.69 Å². The molecule has 0 spiro atoms. The molecule has 0 saturated carbocycles. The van der Waals surface area contributed by atoms with Gasteiger partial charge in [0.05, 0.1) is 16.9 Å². The first-order valence-corrected chi connectivity index (χ1v) is 6.66. The average Bonchev–Trinajstić information content (AvgIpc) is 2.83. The summed E-state index contributed by atoms with van der Waals surface area (Å²) in [6, 6.07) is 8.78. The van der Waals surface area contributed by atoms with E-state index >= 15 is 0 Å². The molecule has 1 aromatic heterocycles. The van der Waals surface area contributed by atoms with Gasteiger partial charge in [0.2, 0.25) is 0 Å². The van der Waals surface area contributed by atoms with Gasteiger partial charge in [-0.25, -0.2) is 4.68 Å². The Morgan fingerprint density at radius 2 is 2.22 bits per heavy atom. The molecule has 0 bridgehead atoms. The molecule has 2 aromatic rings. The summed E-state index contributed by atoms with van der Waals surface area (Å²) in [5.41, 5.74) is 2.32. The number of nitrogens with one attached hydrogen (secondary N) is 1. The lowest BCUT2D eigenvalue weighted by Gasteiger charge is -2.17. The van der Waals surface area contributed by atoms with Gasteiger partial charge in [0.25, 0.3) is 0 Å². The third kappa shape index (κ3) is 2.92. The van der Waals surface area contributed by atoms with Gasteiger partial charge in [0.15, 0.2) is 0 Å². The molecular formula is C14H18ClN3. The second kappa shape index (κ2) is 6.03. The van der Waals surface area contributed by atoms with Crippen molar-refractivity contribution < 1.29 is 0 Å². The van der Waals surface area contributed by atoms with Gasteiger partial charge in [0, 0.05) is 12.2 Å². The Labute approximate surface area is 113 Å². The lowest BCUT2D eigenvalue weighted by molar-refractivity contribution is 0.537. The largest absolute Gasteiger partial charge is 0.310 e. The summed E-state index contributed by atoms with van der Waals surface area (Å²) in [5.74, 6) is 0. The number of rotatable bonds is 5. The molecule has 0 saturated heterocycles. The molecule has 2 rings (SSSR count). The minimum Gasteiger partial charge on any atom is -0.310 e. The van der Waals surface area contributed by atoms with Crippen molar-refractivity contribution in [1.82, 2.24) is 15.1 Å². The molecule has 0 aliphatic heterocycles. The van der Waals surface area contributed by atoms with Crippen molar-refractivity contribution in [3.63, 3.8) is 0 Å². The molecule has 0 aliphatic rings. The zero-order valence-electron chi connectivity index (χ0n) is 10.7. The lowest BCUT2D eigenvalue weighted by Crippen LogP contribution is -2.20. The SMILES string of the molecule is CCNC(CC)c1cccc(-n2cc(Cl)cn2)c1. The molecule has 18 heavy (non-hydrogen) atoms. The van der Waals surface area contributed by atoms with Crippen LogP contribution in [-0.4, -0.2) is 16.3 Å². The van der Waals surface area contributed by atoms with Crippen LogP contribution in [0.25, 0.3) is 5.69 Å². The number of hydrogen-bond acceptors (Lipinski definition) is 2. The topological polar surface area (TPSA) is 29.9 Å². The molecule has 0 fully saturated rings. The van der Waals surface area contributed by atoms with Gasteiger partial charge >= 0.3 is 0 Å². The van der Waals surface area contributed by atoms with E-state index in [1.54, 1.807) is 10.9 Å². The Bertz CT molecular complexity index is 507. The fraction of sp³-hybridized carbons (Fsp3) is 0.357. The maximum atomic E-state index is 5.89. The Morgan fingerprint density at radius 1 is 1.39 bits per heavy atom. The molecule has 3 nitrogen and oxygen atoms in total. The fourth-order valence-corrected chi connectivity index (χ4v) is 2.21.